The van der Waals surface area contributed by atoms with Crippen molar-refractivity contribution in [3.63, 3.8) is 0 Å². The number of carbonyl (C=O) groups is 1. The Hall–Kier alpha value is -1.81. The van der Waals surface area contributed by atoms with Crippen LogP contribution in [0, 0.1) is 0 Å². The maximum absolute atomic E-state index is 12.0. The number of halogens is 2. The fourth-order valence-electron chi connectivity index (χ4n) is 2.53. The van der Waals surface area contributed by atoms with Gasteiger partial charge >= 0.3 is 0 Å². The molecule has 0 unspecified atom stereocenters. The minimum absolute atomic E-state index is 0. The van der Waals surface area contributed by atoms with Gasteiger partial charge < -0.3 is 20.3 Å². The number of hydrogen-bond donors (Lipinski definition) is 2. The van der Waals surface area contributed by atoms with E-state index in [0.717, 1.165) is 33.9 Å². The Morgan fingerprint density at radius 3 is 2.31 bits per heavy atom. The van der Waals surface area contributed by atoms with E-state index < -0.39 is 0 Å². The quantitative estimate of drug-likeness (QED) is 0.298. The van der Waals surface area contributed by atoms with Crippen LogP contribution in [0.2, 0.25) is 0 Å². The van der Waals surface area contributed by atoms with Gasteiger partial charge in [0.25, 0.3) is 5.91 Å². The number of amides is 1. The lowest BCUT2D eigenvalue weighted by Crippen LogP contribution is -2.36. The fraction of sp³-hybridized carbons (Fsp3) is 0.333. The molecule has 0 atom stereocenters. The van der Waals surface area contributed by atoms with Gasteiger partial charge in [0, 0.05) is 32.7 Å². The molecule has 158 valence electrons. The van der Waals surface area contributed by atoms with Crippen LogP contribution in [-0.4, -0.2) is 44.5 Å². The van der Waals surface area contributed by atoms with Crippen molar-refractivity contribution >= 4 is 51.8 Å². The van der Waals surface area contributed by atoms with Crippen LogP contribution < -0.4 is 15.4 Å². The molecule has 0 saturated heterocycles. The molecule has 2 aromatic rings. The first kappa shape index (κ1) is 25.2. The SMILES string of the molecule is CCNC(=NCc1ccc(OC)c(Br)c1)NCc1ccc(C(=O)N(C)C)cc1.I. The van der Waals surface area contributed by atoms with E-state index in [4.69, 9.17) is 4.74 Å². The zero-order valence-electron chi connectivity index (χ0n) is 17.2. The average Bonchev–Trinajstić information content (AvgIpc) is 2.70. The number of ether oxygens (including phenoxy) is 1. The van der Waals surface area contributed by atoms with Crippen molar-refractivity contribution < 1.29 is 9.53 Å². The van der Waals surface area contributed by atoms with Crippen molar-refractivity contribution in [2.45, 2.75) is 20.0 Å². The van der Waals surface area contributed by atoms with Gasteiger partial charge in [0.15, 0.2) is 5.96 Å². The smallest absolute Gasteiger partial charge is 0.253 e. The van der Waals surface area contributed by atoms with E-state index in [2.05, 4.69) is 31.6 Å². The molecule has 0 saturated carbocycles. The lowest BCUT2D eigenvalue weighted by atomic mass is 10.1. The molecule has 6 nitrogen and oxygen atoms in total. The summed E-state index contributed by atoms with van der Waals surface area (Å²) in [6.07, 6.45) is 0. The number of hydrogen-bond acceptors (Lipinski definition) is 3. The predicted octanol–water partition coefficient (Wildman–Crippen LogP) is 4.03. The summed E-state index contributed by atoms with van der Waals surface area (Å²) in [5.41, 5.74) is 2.84. The van der Waals surface area contributed by atoms with E-state index in [0.29, 0.717) is 18.7 Å². The summed E-state index contributed by atoms with van der Waals surface area (Å²) in [5, 5.41) is 6.57. The first-order valence-electron chi connectivity index (χ1n) is 9.09. The van der Waals surface area contributed by atoms with Gasteiger partial charge in [0.05, 0.1) is 18.1 Å². The third-order valence-corrected chi connectivity index (χ3v) is 4.67. The normalized spacial score (nSPS) is 10.7. The predicted molar refractivity (Wildman–Crippen MR) is 132 cm³/mol. The molecule has 0 fully saturated rings. The number of nitrogens with zero attached hydrogens (tertiary/aromatic N) is 2. The van der Waals surface area contributed by atoms with Crippen LogP contribution in [0.3, 0.4) is 0 Å². The number of nitrogens with one attached hydrogen (secondary N) is 2. The first-order chi connectivity index (χ1) is 13.4. The standard InChI is InChI=1S/C21H27BrN4O2.HI/c1-5-23-21(25-14-16-8-11-19(28-4)18(22)12-16)24-13-15-6-9-17(10-7-15)20(27)26(2)3;/h6-12H,5,13-14H2,1-4H3,(H2,23,24,25);1H. The summed E-state index contributed by atoms with van der Waals surface area (Å²) < 4.78 is 6.17. The molecule has 2 N–H and O–H groups in total. The average molecular weight is 575 g/mol. The van der Waals surface area contributed by atoms with Crippen molar-refractivity contribution in [1.29, 1.82) is 0 Å². The third kappa shape index (κ3) is 7.85. The van der Waals surface area contributed by atoms with Gasteiger partial charge in [-0.3, -0.25) is 4.79 Å². The summed E-state index contributed by atoms with van der Waals surface area (Å²) in [6, 6.07) is 13.5. The highest BCUT2D eigenvalue weighted by atomic mass is 127. The molecule has 0 heterocycles. The van der Waals surface area contributed by atoms with Gasteiger partial charge in [0.1, 0.15) is 5.75 Å². The molecule has 0 aliphatic carbocycles. The summed E-state index contributed by atoms with van der Waals surface area (Å²) in [4.78, 5) is 18.2. The van der Waals surface area contributed by atoms with Crippen LogP contribution in [0.5, 0.6) is 5.75 Å². The van der Waals surface area contributed by atoms with Gasteiger partial charge in [-0.05, 0) is 58.2 Å². The number of methoxy groups -OCH3 is 1. The van der Waals surface area contributed by atoms with Crippen LogP contribution in [-0.2, 0) is 13.1 Å². The van der Waals surface area contributed by atoms with Crippen LogP contribution in [0.25, 0.3) is 0 Å². The molecule has 0 bridgehead atoms. The molecule has 2 aromatic carbocycles. The van der Waals surface area contributed by atoms with E-state index in [-0.39, 0.29) is 29.9 Å². The van der Waals surface area contributed by atoms with E-state index in [1.165, 1.54) is 0 Å². The first-order valence-corrected chi connectivity index (χ1v) is 9.89. The molecule has 0 spiro atoms. The van der Waals surface area contributed by atoms with Crippen molar-refractivity contribution in [3.8, 4) is 5.75 Å². The number of carbonyl (C=O) groups excluding carboxylic acids is 1. The van der Waals surface area contributed by atoms with Gasteiger partial charge in [0.2, 0.25) is 0 Å². The molecular weight excluding hydrogens is 547 g/mol. The van der Waals surface area contributed by atoms with Crippen LogP contribution in [0.15, 0.2) is 51.9 Å². The van der Waals surface area contributed by atoms with Crippen LogP contribution in [0.4, 0.5) is 0 Å². The fourth-order valence-corrected chi connectivity index (χ4v) is 3.12. The van der Waals surface area contributed by atoms with Gasteiger partial charge in [-0.1, -0.05) is 18.2 Å². The number of rotatable bonds is 7. The maximum atomic E-state index is 12.0. The lowest BCUT2D eigenvalue weighted by molar-refractivity contribution is 0.0827. The zero-order valence-corrected chi connectivity index (χ0v) is 21.1. The van der Waals surface area contributed by atoms with Gasteiger partial charge in [-0.25, -0.2) is 4.99 Å². The second-order valence-corrected chi connectivity index (χ2v) is 7.27. The number of guanidine groups is 1. The Bertz CT molecular complexity index is 826. The van der Waals surface area contributed by atoms with Crippen LogP contribution >= 0.6 is 39.9 Å². The summed E-state index contributed by atoms with van der Waals surface area (Å²) in [7, 11) is 5.14. The molecule has 29 heavy (non-hydrogen) atoms. The number of aliphatic imine (C=N–C) groups is 1. The maximum Gasteiger partial charge on any atom is 0.253 e. The molecule has 2 rings (SSSR count). The highest BCUT2D eigenvalue weighted by molar-refractivity contribution is 14.0. The zero-order chi connectivity index (χ0) is 20.5. The van der Waals surface area contributed by atoms with Crippen molar-refractivity contribution in [2.75, 3.05) is 27.7 Å². The summed E-state index contributed by atoms with van der Waals surface area (Å²) >= 11 is 3.50. The Morgan fingerprint density at radius 1 is 1.10 bits per heavy atom. The minimum Gasteiger partial charge on any atom is -0.496 e. The number of benzene rings is 2. The van der Waals surface area contributed by atoms with Crippen molar-refractivity contribution in [2.24, 2.45) is 4.99 Å². The summed E-state index contributed by atoms with van der Waals surface area (Å²) in [5.74, 6) is 1.54. The molecule has 0 radical (unpaired) electrons. The second kappa shape index (κ2) is 12.7. The second-order valence-electron chi connectivity index (χ2n) is 6.41. The monoisotopic (exact) mass is 574 g/mol. The third-order valence-electron chi connectivity index (χ3n) is 4.05. The molecule has 1 amide bonds. The molecule has 0 aliphatic rings. The molecule has 0 aliphatic heterocycles. The van der Waals surface area contributed by atoms with Gasteiger partial charge in [-0.2, -0.15) is 0 Å². The Morgan fingerprint density at radius 2 is 1.76 bits per heavy atom. The minimum atomic E-state index is 0. The van der Waals surface area contributed by atoms with Crippen molar-refractivity contribution in [1.82, 2.24) is 15.5 Å². The van der Waals surface area contributed by atoms with E-state index in [9.17, 15) is 4.79 Å². The van der Waals surface area contributed by atoms with Crippen molar-refractivity contribution in [3.05, 3.63) is 63.6 Å². The highest BCUT2D eigenvalue weighted by Gasteiger charge is 2.07. The van der Waals surface area contributed by atoms with E-state index >= 15 is 0 Å². The van der Waals surface area contributed by atoms with E-state index in [1.807, 2.05) is 49.4 Å². The largest absolute Gasteiger partial charge is 0.496 e. The molecule has 8 heteroatoms. The Labute approximate surface area is 198 Å². The summed E-state index contributed by atoms with van der Waals surface area (Å²) in [6.45, 7) is 3.97. The molecule has 0 aromatic heterocycles. The molecular formula is C21H28BrIN4O2. The topological polar surface area (TPSA) is 66.0 Å². The Kier molecular flexibility index (Phi) is 11.0. The lowest BCUT2D eigenvalue weighted by Gasteiger charge is -2.13. The van der Waals surface area contributed by atoms with E-state index in [1.54, 1.807) is 26.1 Å². The van der Waals surface area contributed by atoms with Gasteiger partial charge in [-0.15, -0.1) is 24.0 Å². The highest BCUT2D eigenvalue weighted by Crippen LogP contribution is 2.25. The Balaban J connectivity index is 0.00000420. The van der Waals surface area contributed by atoms with Crippen LogP contribution in [0.1, 0.15) is 28.4 Å².